The maximum Gasteiger partial charge on any atom is 0.328 e. The van der Waals surface area contributed by atoms with E-state index in [2.05, 4.69) is 24.0 Å². The molecule has 0 bridgehead atoms. The maximum absolute atomic E-state index is 10.9. The third-order valence-corrected chi connectivity index (χ3v) is 5.04. The molecule has 2 rings (SSSR count). The van der Waals surface area contributed by atoms with Crippen LogP contribution in [0, 0.1) is 0 Å². The number of pyridine rings is 1. The van der Waals surface area contributed by atoms with Crippen molar-refractivity contribution in [1.29, 1.82) is 0 Å². The van der Waals surface area contributed by atoms with Gasteiger partial charge in [-0.15, -0.1) is 0 Å². The van der Waals surface area contributed by atoms with Crippen LogP contribution in [0.15, 0.2) is 48.5 Å². The van der Waals surface area contributed by atoms with Crippen LogP contribution in [-0.2, 0) is 17.0 Å². The number of carbonyl (C=O) groups is 1. The minimum absolute atomic E-state index is 0.519. The highest BCUT2D eigenvalue weighted by atomic mass is 32.2. The first-order chi connectivity index (χ1) is 13.2. The molecule has 0 spiro atoms. The van der Waals surface area contributed by atoms with Gasteiger partial charge in [-0.05, 0) is 35.9 Å². The summed E-state index contributed by atoms with van der Waals surface area (Å²) in [7, 11) is 0. The third-order valence-electron chi connectivity index (χ3n) is 3.96. The molecule has 4 nitrogen and oxygen atoms in total. The van der Waals surface area contributed by atoms with Crippen LogP contribution in [0.3, 0.4) is 0 Å². The van der Waals surface area contributed by atoms with Gasteiger partial charge in [-0.3, -0.25) is 0 Å². The Balaban J connectivity index is 1.98. The van der Waals surface area contributed by atoms with Gasteiger partial charge in [0.1, 0.15) is 11.4 Å². The van der Waals surface area contributed by atoms with E-state index in [-0.39, 0.29) is 0 Å². The summed E-state index contributed by atoms with van der Waals surface area (Å²) < 4.78 is 5.87. The number of benzene rings is 1. The van der Waals surface area contributed by atoms with Crippen LogP contribution in [-0.4, -0.2) is 28.4 Å². The Kier molecular flexibility index (Phi) is 9.49. The molecule has 0 fully saturated rings. The molecule has 0 saturated heterocycles. The molecule has 1 aromatic heterocycles. The predicted octanol–water partition coefficient (Wildman–Crippen LogP) is 5.22. The molecule has 0 unspecified atom stereocenters. The molecule has 0 radical (unpaired) electrons. The Morgan fingerprint density at radius 1 is 1.19 bits per heavy atom. The normalized spacial score (nSPS) is 11.0. The Labute approximate surface area is 165 Å². The van der Waals surface area contributed by atoms with E-state index < -0.39 is 5.97 Å². The molecule has 5 heteroatoms. The second-order valence-corrected chi connectivity index (χ2v) is 7.31. The molecule has 1 N–H and O–H groups in total. The molecular formula is C22H27NO3S. The summed E-state index contributed by atoms with van der Waals surface area (Å²) in [5.74, 6) is 1.56. The van der Waals surface area contributed by atoms with E-state index in [1.807, 2.05) is 42.1 Å². The van der Waals surface area contributed by atoms with E-state index >= 15 is 0 Å². The van der Waals surface area contributed by atoms with Crippen LogP contribution in [0.1, 0.15) is 43.1 Å². The zero-order valence-corrected chi connectivity index (χ0v) is 16.6. The summed E-state index contributed by atoms with van der Waals surface area (Å²) in [5.41, 5.74) is 2.71. The van der Waals surface area contributed by atoms with E-state index in [4.69, 9.17) is 9.84 Å². The Bertz CT molecular complexity index is 732. The van der Waals surface area contributed by atoms with Crippen LogP contribution in [0.4, 0.5) is 0 Å². The van der Waals surface area contributed by atoms with Crippen molar-refractivity contribution in [1.82, 2.24) is 4.98 Å². The van der Waals surface area contributed by atoms with Crippen LogP contribution < -0.4 is 4.74 Å². The standard InChI is InChI=1S/C22H27NO3S/c1-2-3-7-16-27-17-19-10-12-21(20(23-19)11-13-22(24)25)26-15-14-18-8-5-4-6-9-18/h4-6,8-13H,2-3,7,14-17H2,1H3,(H,24,25). The molecule has 0 aliphatic carbocycles. The number of hydrogen-bond donors (Lipinski definition) is 1. The molecule has 27 heavy (non-hydrogen) atoms. The van der Waals surface area contributed by atoms with Crippen LogP contribution in [0.25, 0.3) is 6.08 Å². The molecule has 0 saturated carbocycles. The van der Waals surface area contributed by atoms with Crippen molar-refractivity contribution in [2.45, 2.75) is 38.4 Å². The quantitative estimate of drug-likeness (QED) is 0.401. The number of carboxylic acid groups (broad SMARTS) is 1. The summed E-state index contributed by atoms with van der Waals surface area (Å²) in [6.07, 6.45) is 7.08. The highest BCUT2D eigenvalue weighted by Crippen LogP contribution is 2.22. The first kappa shape index (κ1) is 21.0. The van der Waals surface area contributed by atoms with Crippen LogP contribution in [0.5, 0.6) is 5.75 Å². The molecule has 0 aliphatic heterocycles. The summed E-state index contributed by atoms with van der Waals surface area (Å²) in [6, 6.07) is 14.0. The van der Waals surface area contributed by atoms with Gasteiger partial charge in [0, 0.05) is 18.2 Å². The number of aromatic nitrogens is 1. The SMILES string of the molecule is CCCCCSCc1ccc(OCCc2ccccc2)c(C=CC(=O)O)n1. The fourth-order valence-corrected chi connectivity index (χ4v) is 3.45. The lowest BCUT2D eigenvalue weighted by Crippen LogP contribution is -2.04. The van der Waals surface area contributed by atoms with Gasteiger partial charge < -0.3 is 9.84 Å². The minimum atomic E-state index is -0.994. The maximum atomic E-state index is 10.9. The second-order valence-electron chi connectivity index (χ2n) is 6.20. The van der Waals surface area contributed by atoms with Gasteiger partial charge in [0.05, 0.1) is 12.3 Å². The number of rotatable bonds is 12. The molecular weight excluding hydrogens is 358 g/mol. The average molecular weight is 386 g/mol. The third kappa shape index (κ3) is 8.31. The van der Waals surface area contributed by atoms with E-state index in [9.17, 15) is 4.79 Å². The van der Waals surface area contributed by atoms with Crippen molar-refractivity contribution >= 4 is 23.8 Å². The van der Waals surface area contributed by atoms with Crippen molar-refractivity contribution in [3.05, 3.63) is 65.5 Å². The smallest absolute Gasteiger partial charge is 0.328 e. The Morgan fingerprint density at radius 3 is 2.74 bits per heavy atom. The predicted molar refractivity (Wildman–Crippen MR) is 112 cm³/mol. The highest BCUT2D eigenvalue weighted by Gasteiger charge is 2.06. The fourth-order valence-electron chi connectivity index (χ4n) is 2.53. The molecule has 0 atom stereocenters. The number of hydrogen-bond acceptors (Lipinski definition) is 4. The number of ether oxygens (including phenoxy) is 1. The molecule has 1 heterocycles. The van der Waals surface area contributed by atoms with Gasteiger partial charge in [-0.2, -0.15) is 11.8 Å². The number of unbranched alkanes of at least 4 members (excludes halogenated alkanes) is 2. The van der Waals surface area contributed by atoms with Crippen molar-refractivity contribution in [3.8, 4) is 5.75 Å². The van der Waals surface area contributed by atoms with Crippen molar-refractivity contribution < 1.29 is 14.6 Å². The van der Waals surface area contributed by atoms with Crippen molar-refractivity contribution in [2.75, 3.05) is 12.4 Å². The molecule has 0 amide bonds. The first-order valence-corrected chi connectivity index (χ1v) is 10.5. The fraction of sp³-hybridized carbons (Fsp3) is 0.364. The Hall–Kier alpha value is -2.27. The zero-order valence-electron chi connectivity index (χ0n) is 15.8. The van der Waals surface area contributed by atoms with Crippen molar-refractivity contribution in [3.63, 3.8) is 0 Å². The lowest BCUT2D eigenvalue weighted by atomic mass is 10.2. The molecule has 144 valence electrons. The summed E-state index contributed by atoms with van der Waals surface area (Å²) in [5, 5.41) is 8.92. The number of nitrogens with zero attached hydrogens (tertiary/aromatic N) is 1. The van der Waals surface area contributed by atoms with E-state index in [0.29, 0.717) is 18.1 Å². The molecule has 0 aliphatic rings. The van der Waals surface area contributed by atoms with Crippen molar-refractivity contribution in [2.24, 2.45) is 0 Å². The largest absolute Gasteiger partial charge is 0.491 e. The van der Waals surface area contributed by atoms with E-state index in [1.165, 1.54) is 30.9 Å². The molecule has 2 aromatic rings. The first-order valence-electron chi connectivity index (χ1n) is 9.34. The lowest BCUT2D eigenvalue weighted by molar-refractivity contribution is -0.131. The van der Waals surface area contributed by atoms with Crippen LogP contribution in [0.2, 0.25) is 0 Å². The number of aliphatic carboxylic acids is 1. The van der Waals surface area contributed by atoms with Gasteiger partial charge in [0.15, 0.2) is 0 Å². The van der Waals surface area contributed by atoms with Gasteiger partial charge in [-0.1, -0.05) is 50.1 Å². The minimum Gasteiger partial charge on any atom is -0.491 e. The van der Waals surface area contributed by atoms with E-state index in [1.54, 1.807) is 0 Å². The van der Waals surface area contributed by atoms with Gasteiger partial charge in [-0.25, -0.2) is 9.78 Å². The van der Waals surface area contributed by atoms with Crippen LogP contribution >= 0.6 is 11.8 Å². The lowest BCUT2D eigenvalue weighted by Gasteiger charge is -2.10. The van der Waals surface area contributed by atoms with Gasteiger partial charge in [0.2, 0.25) is 0 Å². The zero-order chi connectivity index (χ0) is 19.3. The number of carboxylic acids is 1. The Morgan fingerprint density at radius 2 is 2.00 bits per heavy atom. The average Bonchev–Trinajstić information content (AvgIpc) is 2.68. The monoisotopic (exact) mass is 385 g/mol. The summed E-state index contributed by atoms with van der Waals surface area (Å²) >= 11 is 1.86. The summed E-state index contributed by atoms with van der Waals surface area (Å²) in [6.45, 7) is 2.72. The number of thioether (sulfide) groups is 1. The molecule has 1 aromatic carbocycles. The second kappa shape index (κ2) is 12.2. The summed E-state index contributed by atoms with van der Waals surface area (Å²) in [4.78, 5) is 15.5. The van der Waals surface area contributed by atoms with Gasteiger partial charge in [0.25, 0.3) is 0 Å². The topological polar surface area (TPSA) is 59.4 Å². The van der Waals surface area contributed by atoms with E-state index in [0.717, 1.165) is 29.7 Å². The highest BCUT2D eigenvalue weighted by molar-refractivity contribution is 7.98. The van der Waals surface area contributed by atoms with Gasteiger partial charge >= 0.3 is 5.97 Å².